The third-order valence-corrected chi connectivity index (χ3v) is 5.27. The number of amidine groups is 1. The highest BCUT2D eigenvalue weighted by Gasteiger charge is 2.18. The largest absolute Gasteiger partial charge is 0.404 e. The molecule has 0 atom stereocenters. The van der Waals surface area contributed by atoms with Crippen molar-refractivity contribution in [3.05, 3.63) is 71.3 Å². The van der Waals surface area contributed by atoms with Gasteiger partial charge in [0.25, 0.3) is 0 Å². The van der Waals surface area contributed by atoms with Crippen LogP contribution in [0.4, 0.5) is 5.69 Å². The van der Waals surface area contributed by atoms with Gasteiger partial charge in [0.05, 0.1) is 34.5 Å². The van der Waals surface area contributed by atoms with Gasteiger partial charge in [-0.25, -0.2) is 9.98 Å². The van der Waals surface area contributed by atoms with E-state index in [1.54, 1.807) is 12.1 Å². The molecule has 6 N–H and O–H groups in total. The summed E-state index contributed by atoms with van der Waals surface area (Å²) in [5, 5.41) is 0.911. The number of aryl methyl sites for hydroxylation is 1. The van der Waals surface area contributed by atoms with Gasteiger partial charge in [0, 0.05) is 23.6 Å². The van der Waals surface area contributed by atoms with Crippen LogP contribution in [0.5, 0.6) is 0 Å². The standard InChI is InChI=1S/C25H25N7O/c1-4-9-32(3)14-16-5-6-17-11-23(31-21(17)10-16)24(33)19(13-26)25(27)30-18-7-8-20-22(12-18)29-15(2)28-20/h1,5-8,10-13,31H,9,14,26H2,2-3H3,(H2,27,30)(H,28,29). The fourth-order valence-electron chi connectivity index (χ4n) is 3.73. The zero-order chi connectivity index (χ0) is 23.5. The third kappa shape index (κ3) is 4.63. The molecule has 0 aliphatic heterocycles. The summed E-state index contributed by atoms with van der Waals surface area (Å²) >= 11 is 0. The number of ketones is 1. The molecule has 0 fully saturated rings. The van der Waals surface area contributed by atoms with Gasteiger partial charge in [0.15, 0.2) is 0 Å². The molecule has 8 heteroatoms. The Bertz CT molecular complexity index is 1450. The third-order valence-electron chi connectivity index (χ3n) is 5.27. The van der Waals surface area contributed by atoms with Gasteiger partial charge < -0.3 is 21.4 Å². The van der Waals surface area contributed by atoms with E-state index in [9.17, 15) is 4.79 Å². The van der Waals surface area contributed by atoms with Gasteiger partial charge in [-0.15, -0.1) is 6.42 Å². The molecule has 8 nitrogen and oxygen atoms in total. The van der Waals surface area contributed by atoms with Crippen LogP contribution in [0.3, 0.4) is 0 Å². The van der Waals surface area contributed by atoms with Gasteiger partial charge in [-0.05, 0) is 49.9 Å². The quantitative estimate of drug-likeness (QED) is 0.116. The smallest absolute Gasteiger partial charge is 0.214 e. The van der Waals surface area contributed by atoms with Crippen LogP contribution in [0.15, 0.2) is 59.2 Å². The molecule has 0 saturated carbocycles. The van der Waals surface area contributed by atoms with Gasteiger partial charge >= 0.3 is 0 Å². The number of nitrogens with zero attached hydrogens (tertiary/aromatic N) is 3. The minimum absolute atomic E-state index is 0.0355. The van der Waals surface area contributed by atoms with Crippen LogP contribution in [0.25, 0.3) is 21.9 Å². The number of nitrogens with one attached hydrogen (secondary N) is 2. The van der Waals surface area contributed by atoms with Crippen molar-refractivity contribution in [3.8, 4) is 12.3 Å². The molecule has 0 unspecified atom stereocenters. The van der Waals surface area contributed by atoms with Crippen LogP contribution in [0.1, 0.15) is 21.9 Å². The van der Waals surface area contributed by atoms with Crippen molar-refractivity contribution in [2.45, 2.75) is 13.5 Å². The predicted octanol–water partition coefficient (Wildman–Crippen LogP) is 3.13. The van der Waals surface area contributed by atoms with Crippen molar-refractivity contribution >= 4 is 39.2 Å². The summed E-state index contributed by atoms with van der Waals surface area (Å²) in [4.78, 5) is 30.3. The molecule has 2 aromatic heterocycles. The molecule has 166 valence electrons. The van der Waals surface area contributed by atoms with Crippen LogP contribution in [-0.4, -0.2) is 45.1 Å². The first kappa shape index (κ1) is 21.9. The average Bonchev–Trinajstić information content (AvgIpc) is 3.36. The number of aromatic nitrogens is 3. The van der Waals surface area contributed by atoms with Crippen molar-refractivity contribution < 1.29 is 4.79 Å². The molecule has 0 amide bonds. The lowest BCUT2D eigenvalue weighted by Gasteiger charge is -2.12. The molecule has 33 heavy (non-hydrogen) atoms. The van der Waals surface area contributed by atoms with Crippen LogP contribution >= 0.6 is 0 Å². The first-order chi connectivity index (χ1) is 15.9. The molecular formula is C25H25N7O. The lowest BCUT2D eigenvalue weighted by atomic mass is 10.1. The lowest BCUT2D eigenvalue weighted by molar-refractivity contribution is 0.103. The van der Waals surface area contributed by atoms with Gasteiger partial charge in [0.1, 0.15) is 11.7 Å². The Morgan fingerprint density at radius 3 is 2.79 bits per heavy atom. The number of imidazole rings is 1. The van der Waals surface area contributed by atoms with Crippen LogP contribution in [0, 0.1) is 19.3 Å². The Labute approximate surface area is 191 Å². The lowest BCUT2D eigenvalue weighted by Crippen LogP contribution is -2.22. The van der Waals surface area contributed by atoms with Crippen LogP contribution < -0.4 is 11.5 Å². The monoisotopic (exact) mass is 439 g/mol. The number of terminal acetylenes is 1. The predicted molar refractivity (Wildman–Crippen MR) is 132 cm³/mol. The van der Waals surface area contributed by atoms with E-state index >= 15 is 0 Å². The fraction of sp³-hybridized carbons (Fsp3) is 0.160. The van der Waals surface area contributed by atoms with E-state index < -0.39 is 0 Å². The maximum atomic E-state index is 13.2. The zero-order valence-corrected chi connectivity index (χ0v) is 18.5. The summed E-state index contributed by atoms with van der Waals surface area (Å²) < 4.78 is 0. The summed E-state index contributed by atoms with van der Waals surface area (Å²) in [6, 6.07) is 13.2. The SMILES string of the molecule is C#CCN(C)Cc1ccc2cc(C(=O)C(=CN)C(N)=Nc3ccc4nc(C)[nH]c4c3)[nH]c2c1. The topological polar surface area (TPSA) is 129 Å². The molecule has 2 heterocycles. The highest BCUT2D eigenvalue weighted by molar-refractivity contribution is 6.27. The Kier molecular flexibility index (Phi) is 5.98. The molecule has 0 radical (unpaired) electrons. The number of nitrogens with two attached hydrogens (primary N) is 2. The minimum atomic E-state index is -0.334. The fourth-order valence-corrected chi connectivity index (χ4v) is 3.73. The van der Waals surface area contributed by atoms with E-state index in [4.69, 9.17) is 17.9 Å². The number of fused-ring (bicyclic) bond motifs is 2. The van der Waals surface area contributed by atoms with Crippen LogP contribution in [-0.2, 0) is 6.54 Å². The van der Waals surface area contributed by atoms with E-state index in [1.165, 1.54) is 6.20 Å². The molecular weight excluding hydrogens is 414 g/mol. The number of rotatable bonds is 7. The van der Waals surface area contributed by atoms with Crippen molar-refractivity contribution in [3.63, 3.8) is 0 Å². The van der Waals surface area contributed by atoms with Crippen molar-refractivity contribution in [2.75, 3.05) is 13.6 Å². The van der Waals surface area contributed by atoms with E-state index in [-0.39, 0.29) is 17.2 Å². The molecule has 0 spiro atoms. The number of aromatic amines is 2. The second kappa shape index (κ2) is 9.02. The highest BCUT2D eigenvalue weighted by atomic mass is 16.1. The number of H-pyrrole nitrogens is 2. The summed E-state index contributed by atoms with van der Waals surface area (Å²) in [6.07, 6.45) is 6.56. The molecule has 4 rings (SSSR count). The maximum absolute atomic E-state index is 13.2. The highest BCUT2D eigenvalue weighted by Crippen LogP contribution is 2.22. The first-order valence-corrected chi connectivity index (χ1v) is 10.4. The van der Waals surface area contributed by atoms with E-state index in [2.05, 4.69) is 25.9 Å². The molecule has 0 aliphatic carbocycles. The maximum Gasteiger partial charge on any atom is 0.214 e. The number of hydrogen-bond acceptors (Lipinski definition) is 5. The second-order valence-electron chi connectivity index (χ2n) is 7.91. The van der Waals surface area contributed by atoms with E-state index in [0.29, 0.717) is 24.5 Å². The Morgan fingerprint density at radius 1 is 1.21 bits per heavy atom. The normalized spacial score (nSPS) is 12.5. The zero-order valence-electron chi connectivity index (χ0n) is 18.5. The molecule has 4 aromatic rings. The van der Waals surface area contributed by atoms with E-state index in [0.717, 1.165) is 33.3 Å². The molecule has 2 aromatic carbocycles. The number of carbonyl (C=O) groups is 1. The molecule has 0 aliphatic rings. The molecule has 0 saturated heterocycles. The Hall–Kier alpha value is -4.35. The number of hydrogen-bond donors (Lipinski definition) is 4. The van der Waals surface area contributed by atoms with Crippen LogP contribution in [0.2, 0.25) is 0 Å². The van der Waals surface area contributed by atoms with Gasteiger partial charge in [-0.3, -0.25) is 9.69 Å². The van der Waals surface area contributed by atoms with Gasteiger partial charge in [-0.2, -0.15) is 0 Å². The number of Topliss-reactive ketones (excluding diaryl/α,β-unsaturated/α-hetero) is 1. The second-order valence-corrected chi connectivity index (χ2v) is 7.91. The van der Waals surface area contributed by atoms with Gasteiger partial charge in [0.2, 0.25) is 5.78 Å². The Balaban J connectivity index is 1.59. The first-order valence-electron chi connectivity index (χ1n) is 10.4. The van der Waals surface area contributed by atoms with E-state index in [1.807, 2.05) is 49.2 Å². The van der Waals surface area contributed by atoms with Crippen molar-refractivity contribution in [2.24, 2.45) is 16.5 Å². The average molecular weight is 440 g/mol. The number of carbonyl (C=O) groups excluding carboxylic acids is 1. The summed E-state index contributed by atoms with van der Waals surface area (Å²) in [6.45, 7) is 3.14. The Morgan fingerprint density at radius 2 is 2.03 bits per heavy atom. The summed E-state index contributed by atoms with van der Waals surface area (Å²) in [5.74, 6) is 3.14. The van der Waals surface area contributed by atoms with Crippen molar-refractivity contribution in [1.82, 2.24) is 19.9 Å². The van der Waals surface area contributed by atoms with Crippen molar-refractivity contribution in [1.29, 1.82) is 0 Å². The van der Waals surface area contributed by atoms with Gasteiger partial charge in [-0.1, -0.05) is 18.1 Å². The minimum Gasteiger partial charge on any atom is -0.404 e. The summed E-state index contributed by atoms with van der Waals surface area (Å²) in [7, 11) is 1.96. The molecule has 0 bridgehead atoms. The summed E-state index contributed by atoms with van der Waals surface area (Å²) in [5.41, 5.74) is 16.6. The number of benzene rings is 2. The number of aliphatic imine (C=N–C) groups is 1.